The van der Waals surface area contributed by atoms with Gasteiger partial charge in [-0.1, -0.05) is 0 Å². The molecule has 0 aromatic heterocycles. The van der Waals surface area contributed by atoms with Crippen molar-refractivity contribution in [2.45, 2.75) is 20.8 Å². The first-order valence-electron chi connectivity index (χ1n) is 13.8. The van der Waals surface area contributed by atoms with Crippen molar-refractivity contribution in [3.63, 3.8) is 0 Å². The molecule has 0 saturated heterocycles. The zero-order chi connectivity index (χ0) is 29.3. The zero-order valence-electron chi connectivity index (χ0n) is 23.7. The Morgan fingerprint density at radius 2 is 1.05 bits per heavy atom. The Morgan fingerprint density at radius 3 is 1.50 bits per heavy atom. The zero-order valence-corrected chi connectivity index (χ0v) is 26.3. The van der Waals surface area contributed by atoms with Gasteiger partial charge in [-0.2, -0.15) is 0 Å². The van der Waals surface area contributed by atoms with Gasteiger partial charge in [0, 0.05) is 0 Å². The van der Waals surface area contributed by atoms with Crippen molar-refractivity contribution < 1.29 is 14.0 Å². The van der Waals surface area contributed by atoms with Crippen molar-refractivity contribution >= 4 is 39.6 Å². The summed E-state index contributed by atoms with van der Waals surface area (Å²) in [6, 6.07) is 42.2. The van der Waals surface area contributed by atoms with E-state index in [1.54, 1.807) is 24.3 Å². The van der Waals surface area contributed by atoms with Crippen LogP contribution in [0.25, 0.3) is 0 Å². The van der Waals surface area contributed by atoms with Crippen LogP contribution in [0.4, 0.5) is 0 Å². The molecule has 0 aliphatic carbocycles. The van der Waals surface area contributed by atoms with Gasteiger partial charge in [-0.25, -0.2) is 0 Å². The number of hydrogen-bond donors (Lipinski definition) is 1. The summed E-state index contributed by atoms with van der Waals surface area (Å²) in [5.41, 5.74) is 7.09. The van der Waals surface area contributed by atoms with Crippen LogP contribution in [0.2, 0.25) is 0 Å². The summed E-state index contributed by atoms with van der Waals surface area (Å²) in [6.07, 6.45) is 0. The molecule has 5 aromatic rings. The second-order valence-corrected chi connectivity index (χ2v) is 24.5. The molecule has 0 atom stereocenters. The molecule has 1 amide bonds. The first-order chi connectivity index (χ1) is 20.3. The van der Waals surface area contributed by atoms with Crippen molar-refractivity contribution in [3.8, 4) is 0 Å². The van der Waals surface area contributed by atoms with Crippen molar-refractivity contribution in [1.29, 1.82) is 0 Å². The molecule has 6 nitrogen and oxygen atoms in total. The van der Waals surface area contributed by atoms with Gasteiger partial charge in [0.1, 0.15) is 0 Å². The molecule has 5 aromatic carbocycles. The third-order valence-electron chi connectivity index (χ3n) is 7.84. The number of aryl methyl sites for hydroxylation is 3. The standard InChI is InChI=1S/C7H7NO2.C7H6NO2.3C7H7.Sb/c2*9-7(8-10)6-4-2-1-3-5-6;3*1-7-5-3-2-4-6-7;/h1-5,10H,(H,8,9);1-5H,(H-,8,9,10);3*3-6H,1H3;/q;-1;;;;+2/p-2. The number of rotatable bonds is 7. The molecule has 1 N–H and O–H groups in total. The van der Waals surface area contributed by atoms with Crippen LogP contribution in [0.15, 0.2) is 139 Å². The van der Waals surface area contributed by atoms with Gasteiger partial charge in [0.2, 0.25) is 0 Å². The fourth-order valence-corrected chi connectivity index (χ4v) is 21.0. The number of nitrogens with zero attached hydrogens (tertiary/aromatic N) is 1. The van der Waals surface area contributed by atoms with Crippen LogP contribution in [0, 0.1) is 20.8 Å². The Morgan fingerprint density at radius 1 is 0.619 bits per heavy atom. The monoisotopic (exact) mass is 665 g/mol. The second kappa shape index (κ2) is 10.2. The molecule has 7 heteroatoms. The van der Waals surface area contributed by atoms with Gasteiger partial charge in [-0.15, -0.1) is 0 Å². The number of amides is 1. The number of benzene rings is 5. The van der Waals surface area contributed by atoms with Crippen LogP contribution < -0.4 is 16.0 Å². The Kier molecular flexibility index (Phi) is 6.72. The van der Waals surface area contributed by atoms with Crippen molar-refractivity contribution in [2.75, 3.05) is 0 Å². The summed E-state index contributed by atoms with van der Waals surface area (Å²) in [7, 11) is 0. The third-order valence-corrected chi connectivity index (χ3v) is 24.7. The Hall–Kier alpha value is -4.38. The molecular weight excluding hydrogens is 634 g/mol. The molecule has 0 fully saturated rings. The predicted octanol–water partition coefficient (Wildman–Crippen LogP) is 5.25. The fourth-order valence-electron chi connectivity index (χ4n) is 5.42. The Bertz CT molecular complexity index is 1670. The van der Waals surface area contributed by atoms with E-state index in [9.17, 15) is 4.79 Å². The normalized spacial score (nSPS) is 17.6. The first-order valence-corrected chi connectivity index (χ1v) is 20.7. The third kappa shape index (κ3) is 4.05. The second-order valence-electron chi connectivity index (χ2n) is 10.7. The molecule has 42 heavy (non-hydrogen) atoms. The van der Waals surface area contributed by atoms with Crippen LogP contribution in [0.3, 0.4) is 0 Å². The molecule has 1 aliphatic heterocycles. The number of hydroxylamine groups is 1. The van der Waals surface area contributed by atoms with Gasteiger partial charge in [0.05, 0.1) is 0 Å². The van der Waals surface area contributed by atoms with E-state index in [-0.39, 0.29) is 5.90 Å². The van der Waals surface area contributed by atoms with E-state index in [2.05, 4.69) is 10.6 Å². The van der Waals surface area contributed by atoms with E-state index in [4.69, 9.17) is 9.25 Å². The molecule has 0 spiro atoms. The molecule has 0 radical (unpaired) electrons. The Balaban J connectivity index is 1.72. The number of oxime groups is 1. The van der Waals surface area contributed by atoms with Crippen molar-refractivity contribution in [2.24, 2.45) is 5.16 Å². The molecular formula is C35H32N2O4Sb-. The number of nitrogens with one attached hydrogen (secondary N) is 1. The van der Waals surface area contributed by atoms with Crippen LogP contribution in [-0.4, -0.2) is 29.1 Å². The van der Waals surface area contributed by atoms with Crippen LogP contribution >= 0.6 is 0 Å². The van der Waals surface area contributed by atoms with E-state index in [0.29, 0.717) is 16.1 Å². The van der Waals surface area contributed by atoms with Crippen molar-refractivity contribution in [1.82, 2.24) is 5.48 Å². The maximum atomic E-state index is 13.7. The number of carbonyl (C=O) groups excluding carboxylic acids is 1. The number of hydrogen-bond acceptors (Lipinski definition) is 5. The van der Waals surface area contributed by atoms with Gasteiger partial charge in [-0.3, -0.25) is 0 Å². The van der Waals surface area contributed by atoms with Crippen LogP contribution in [-0.2, 0) is 9.25 Å². The van der Waals surface area contributed by atoms with E-state index in [1.165, 1.54) is 0 Å². The van der Waals surface area contributed by atoms with E-state index in [1.807, 2.05) is 130 Å². The fraction of sp³-hybridized carbons (Fsp3) is 0.0857. The molecule has 0 saturated carbocycles. The average Bonchev–Trinajstić information content (AvgIpc) is 3.42. The van der Waals surface area contributed by atoms with Gasteiger partial charge >= 0.3 is 246 Å². The molecule has 1 aliphatic rings. The molecule has 212 valence electrons. The summed E-state index contributed by atoms with van der Waals surface area (Å²) in [5.74, 6) is -0.173. The van der Waals surface area contributed by atoms with E-state index < -0.39 is 23.2 Å². The predicted molar refractivity (Wildman–Crippen MR) is 168 cm³/mol. The quantitative estimate of drug-likeness (QED) is 0.191. The minimum absolute atomic E-state index is 0.264. The van der Waals surface area contributed by atoms with Gasteiger partial charge in [0.15, 0.2) is 0 Å². The summed E-state index contributed by atoms with van der Waals surface area (Å²) >= 11 is -6.85. The van der Waals surface area contributed by atoms with Gasteiger partial charge in [0.25, 0.3) is 0 Å². The first kappa shape index (κ1) is 27.8. The van der Waals surface area contributed by atoms with E-state index in [0.717, 1.165) is 22.3 Å². The summed E-state index contributed by atoms with van der Waals surface area (Å²) in [4.78, 5) is 13.7. The Labute approximate surface area is 245 Å². The van der Waals surface area contributed by atoms with E-state index >= 15 is 0 Å². The molecule has 0 unspecified atom stereocenters. The number of carbonyl (C=O) groups is 1. The van der Waals surface area contributed by atoms with Gasteiger partial charge in [-0.05, 0) is 0 Å². The van der Waals surface area contributed by atoms with Crippen LogP contribution in [0.1, 0.15) is 32.6 Å². The maximum absolute atomic E-state index is 13.7. The van der Waals surface area contributed by atoms with Gasteiger partial charge < -0.3 is 0 Å². The summed E-state index contributed by atoms with van der Waals surface area (Å²) in [6.45, 7) is 6.05. The SMILES string of the molecule is Cc1cc[c]([Sb-]2([O]NC(=O)c3ccccc3)([c]3ccc(C)cc3)([c]3ccc(C)cc3)[O]N=C(c3ccccc3)[O]2)cc1. The molecule has 6 rings (SSSR count). The minimum atomic E-state index is -6.85. The molecule has 1 heterocycles. The molecule has 0 bridgehead atoms. The summed E-state index contributed by atoms with van der Waals surface area (Å²) < 4.78 is 23.3. The average molecular weight is 666 g/mol. The topological polar surface area (TPSA) is 69.2 Å². The van der Waals surface area contributed by atoms with Crippen LogP contribution in [0.5, 0.6) is 0 Å². The summed E-state index contributed by atoms with van der Waals surface area (Å²) in [5, 5.41) is 4.66. The van der Waals surface area contributed by atoms with Crippen molar-refractivity contribution in [3.05, 3.63) is 161 Å².